The molecule has 0 aliphatic rings. The van der Waals surface area contributed by atoms with Crippen LogP contribution in [0.3, 0.4) is 0 Å². The minimum Gasteiger partial charge on any atom is -0.469 e. The Bertz CT molecular complexity index is 868. The molecule has 0 spiro atoms. The van der Waals surface area contributed by atoms with E-state index in [9.17, 15) is 14.9 Å². The van der Waals surface area contributed by atoms with E-state index in [4.69, 9.17) is 4.42 Å². The predicted octanol–water partition coefficient (Wildman–Crippen LogP) is 2.33. The first kappa shape index (κ1) is 18.5. The van der Waals surface area contributed by atoms with E-state index in [-0.39, 0.29) is 5.75 Å². The van der Waals surface area contributed by atoms with Crippen molar-refractivity contribution in [3.05, 3.63) is 46.0 Å². The number of rotatable bonds is 4. The number of hydrazine groups is 1. The third-order valence-corrected chi connectivity index (χ3v) is 4.81. The van der Waals surface area contributed by atoms with Gasteiger partial charge >= 0.3 is 0 Å². The standard InChI is InChI=1S/C17H18N4O3S/c1-9-10(2)14(7-18)17(19-11(9)3)25-8-15(22)20-21-16(23)13-5-6-24-12(13)4/h5-6H,8H2,1-4H3,(H,20,22)(H,21,23). The van der Waals surface area contributed by atoms with E-state index in [2.05, 4.69) is 21.9 Å². The lowest BCUT2D eigenvalue weighted by atomic mass is 10.1. The first-order valence-corrected chi connectivity index (χ1v) is 8.47. The molecule has 2 aromatic heterocycles. The molecule has 0 unspecified atom stereocenters. The average Bonchev–Trinajstić information content (AvgIpc) is 3.01. The van der Waals surface area contributed by atoms with Crippen molar-refractivity contribution in [2.75, 3.05) is 5.75 Å². The third-order valence-electron chi connectivity index (χ3n) is 3.83. The van der Waals surface area contributed by atoms with Crippen LogP contribution in [0.25, 0.3) is 0 Å². The summed E-state index contributed by atoms with van der Waals surface area (Å²) in [4.78, 5) is 28.2. The summed E-state index contributed by atoms with van der Waals surface area (Å²) in [6, 6.07) is 3.66. The highest BCUT2D eigenvalue weighted by atomic mass is 32.2. The van der Waals surface area contributed by atoms with Crippen LogP contribution >= 0.6 is 11.8 Å². The molecule has 0 saturated carbocycles. The number of pyridine rings is 1. The number of nitriles is 1. The molecular formula is C17H18N4O3S. The van der Waals surface area contributed by atoms with Gasteiger partial charge in [0.05, 0.1) is 23.1 Å². The number of furan rings is 1. The second-order valence-electron chi connectivity index (χ2n) is 5.42. The molecule has 0 aliphatic carbocycles. The number of aryl methyl sites for hydroxylation is 2. The van der Waals surface area contributed by atoms with Crippen molar-refractivity contribution >= 4 is 23.6 Å². The van der Waals surface area contributed by atoms with Crippen molar-refractivity contribution in [2.45, 2.75) is 32.7 Å². The lowest BCUT2D eigenvalue weighted by Gasteiger charge is -2.11. The molecule has 0 fully saturated rings. The summed E-state index contributed by atoms with van der Waals surface area (Å²) >= 11 is 1.15. The zero-order valence-electron chi connectivity index (χ0n) is 14.4. The van der Waals surface area contributed by atoms with Crippen molar-refractivity contribution in [3.8, 4) is 6.07 Å². The second-order valence-corrected chi connectivity index (χ2v) is 6.38. The van der Waals surface area contributed by atoms with Crippen LogP contribution in [0, 0.1) is 39.0 Å². The maximum absolute atomic E-state index is 11.9. The predicted molar refractivity (Wildman–Crippen MR) is 92.9 cm³/mol. The minimum absolute atomic E-state index is 0.0221. The fourth-order valence-electron chi connectivity index (χ4n) is 2.13. The van der Waals surface area contributed by atoms with Gasteiger partial charge in [-0.05, 0) is 44.9 Å². The molecule has 2 aromatic rings. The highest BCUT2D eigenvalue weighted by Crippen LogP contribution is 2.26. The number of hydrogen-bond donors (Lipinski definition) is 2. The van der Waals surface area contributed by atoms with Crippen LogP contribution in [0.2, 0.25) is 0 Å². The summed E-state index contributed by atoms with van der Waals surface area (Å²) in [7, 11) is 0. The van der Waals surface area contributed by atoms with Gasteiger partial charge in [0.25, 0.3) is 5.91 Å². The SMILES string of the molecule is Cc1nc(SCC(=O)NNC(=O)c2ccoc2C)c(C#N)c(C)c1C. The molecule has 7 nitrogen and oxygen atoms in total. The van der Waals surface area contributed by atoms with Gasteiger partial charge in [0.15, 0.2) is 0 Å². The van der Waals surface area contributed by atoms with Gasteiger partial charge in [-0.25, -0.2) is 4.98 Å². The van der Waals surface area contributed by atoms with E-state index in [1.165, 1.54) is 12.3 Å². The summed E-state index contributed by atoms with van der Waals surface area (Å²) in [5, 5.41) is 9.83. The molecule has 0 bridgehead atoms. The van der Waals surface area contributed by atoms with E-state index in [0.717, 1.165) is 28.6 Å². The van der Waals surface area contributed by atoms with E-state index < -0.39 is 11.8 Å². The summed E-state index contributed by atoms with van der Waals surface area (Å²) in [5.41, 5.74) is 8.13. The molecule has 0 aromatic carbocycles. The van der Waals surface area contributed by atoms with Gasteiger partial charge in [0.1, 0.15) is 16.9 Å². The van der Waals surface area contributed by atoms with Gasteiger partial charge in [-0.15, -0.1) is 0 Å². The van der Waals surface area contributed by atoms with E-state index >= 15 is 0 Å². The van der Waals surface area contributed by atoms with E-state index in [1.54, 1.807) is 6.92 Å². The molecule has 0 saturated heterocycles. The molecule has 0 aliphatic heterocycles. The maximum atomic E-state index is 11.9. The number of carbonyl (C=O) groups excluding carboxylic acids is 2. The molecule has 8 heteroatoms. The number of nitrogens with zero attached hydrogens (tertiary/aromatic N) is 2. The Morgan fingerprint density at radius 3 is 2.56 bits per heavy atom. The smallest absolute Gasteiger partial charge is 0.273 e. The first-order valence-electron chi connectivity index (χ1n) is 7.49. The number of carbonyl (C=O) groups is 2. The number of amides is 2. The van der Waals surface area contributed by atoms with Crippen LogP contribution < -0.4 is 10.9 Å². The third kappa shape index (κ3) is 4.19. The largest absolute Gasteiger partial charge is 0.469 e. The Labute approximate surface area is 149 Å². The van der Waals surface area contributed by atoms with E-state index in [0.29, 0.717) is 21.9 Å². The number of hydrogen-bond acceptors (Lipinski definition) is 6. The Balaban J connectivity index is 1.96. The van der Waals surface area contributed by atoms with Crippen LogP contribution in [-0.4, -0.2) is 22.6 Å². The molecule has 2 amide bonds. The van der Waals surface area contributed by atoms with E-state index in [1.807, 2.05) is 20.8 Å². The molecule has 0 radical (unpaired) electrons. The van der Waals surface area contributed by atoms with Gasteiger partial charge in [-0.2, -0.15) is 5.26 Å². The Hall–Kier alpha value is -2.79. The van der Waals surface area contributed by atoms with Gasteiger partial charge in [0, 0.05) is 5.69 Å². The molecule has 25 heavy (non-hydrogen) atoms. The van der Waals surface area contributed by atoms with Gasteiger partial charge in [-0.1, -0.05) is 11.8 Å². The second kappa shape index (κ2) is 7.85. The fraction of sp³-hybridized carbons (Fsp3) is 0.294. The highest BCUT2D eigenvalue weighted by Gasteiger charge is 2.15. The fourth-order valence-corrected chi connectivity index (χ4v) is 3.02. The van der Waals surface area contributed by atoms with Crippen molar-refractivity contribution in [2.24, 2.45) is 0 Å². The Morgan fingerprint density at radius 1 is 1.24 bits per heavy atom. The first-order chi connectivity index (χ1) is 11.8. The molecule has 2 heterocycles. The lowest BCUT2D eigenvalue weighted by Crippen LogP contribution is -2.42. The zero-order valence-corrected chi connectivity index (χ0v) is 15.2. The van der Waals surface area contributed by atoms with Gasteiger partial charge in [0.2, 0.25) is 5.91 Å². The van der Waals surface area contributed by atoms with Crippen molar-refractivity contribution in [1.29, 1.82) is 5.26 Å². The molecule has 2 N–H and O–H groups in total. The molecule has 130 valence electrons. The Kier molecular flexibility index (Phi) is 5.83. The maximum Gasteiger partial charge on any atom is 0.273 e. The summed E-state index contributed by atoms with van der Waals surface area (Å²) < 4.78 is 5.04. The molecule has 0 atom stereocenters. The van der Waals surface area contributed by atoms with Crippen LogP contribution in [0.5, 0.6) is 0 Å². The summed E-state index contributed by atoms with van der Waals surface area (Å²) in [6.45, 7) is 7.29. The van der Waals surface area contributed by atoms with Crippen molar-refractivity contribution in [3.63, 3.8) is 0 Å². The topological polar surface area (TPSA) is 108 Å². The number of thioether (sulfide) groups is 1. The lowest BCUT2D eigenvalue weighted by molar-refractivity contribution is -0.119. The monoisotopic (exact) mass is 358 g/mol. The highest BCUT2D eigenvalue weighted by molar-refractivity contribution is 8.00. The average molecular weight is 358 g/mol. The number of nitrogens with one attached hydrogen (secondary N) is 2. The van der Waals surface area contributed by atoms with Gasteiger partial charge < -0.3 is 4.42 Å². The van der Waals surface area contributed by atoms with Crippen molar-refractivity contribution < 1.29 is 14.0 Å². The van der Waals surface area contributed by atoms with Gasteiger partial charge in [-0.3, -0.25) is 20.4 Å². The van der Waals surface area contributed by atoms with Crippen molar-refractivity contribution in [1.82, 2.24) is 15.8 Å². The minimum atomic E-state index is -0.456. The number of aromatic nitrogens is 1. The van der Waals surface area contributed by atoms with Crippen LogP contribution in [-0.2, 0) is 4.79 Å². The molecular weight excluding hydrogens is 340 g/mol. The summed E-state index contributed by atoms with van der Waals surface area (Å²) in [5.74, 6) is -0.369. The normalized spacial score (nSPS) is 10.2. The van der Waals surface area contributed by atoms with Crippen LogP contribution in [0.15, 0.2) is 21.8 Å². The molecule has 2 rings (SSSR count). The van der Waals surface area contributed by atoms with Crippen LogP contribution in [0.1, 0.15) is 38.5 Å². The zero-order chi connectivity index (χ0) is 18.6. The summed E-state index contributed by atoms with van der Waals surface area (Å²) in [6.07, 6.45) is 1.40. The quantitative estimate of drug-likeness (QED) is 0.641. The van der Waals surface area contributed by atoms with Crippen LogP contribution in [0.4, 0.5) is 0 Å². The Morgan fingerprint density at radius 2 is 1.96 bits per heavy atom.